The summed E-state index contributed by atoms with van der Waals surface area (Å²) in [4.78, 5) is 12.2. The fourth-order valence-corrected chi connectivity index (χ4v) is 2.84. The molecule has 0 aromatic carbocycles. The number of fused-ring (bicyclic) bond motifs is 1. The van der Waals surface area contributed by atoms with E-state index in [0.29, 0.717) is 12.2 Å². The molecule has 2 rings (SSSR count). The van der Waals surface area contributed by atoms with Crippen molar-refractivity contribution in [3.8, 4) is 0 Å². The summed E-state index contributed by atoms with van der Waals surface area (Å²) in [6.07, 6.45) is 2.79. The summed E-state index contributed by atoms with van der Waals surface area (Å²) in [5.41, 5.74) is 2.47. The van der Waals surface area contributed by atoms with Gasteiger partial charge in [-0.15, -0.1) is 0 Å². The van der Waals surface area contributed by atoms with Crippen molar-refractivity contribution in [2.24, 2.45) is 0 Å². The summed E-state index contributed by atoms with van der Waals surface area (Å²) in [6.45, 7) is 3.52. The quantitative estimate of drug-likeness (QED) is 0.606. The first-order chi connectivity index (χ1) is 9.17. The van der Waals surface area contributed by atoms with Gasteiger partial charge in [-0.1, -0.05) is 0 Å². The van der Waals surface area contributed by atoms with E-state index in [-0.39, 0.29) is 23.8 Å². The van der Waals surface area contributed by atoms with Crippen molar-refractivity contribution in [2.75, 3.05) is 19.4 Å². The Balaban J connectivity index is 2.06. The Morgan fingerprint density at radius 3 is 3.11 bits per heavy atom. The highest BCUT2D eigenvalue weighted by Crippen LogP contribution is 2.16. The average Bonchev–Trinajstić information content (AvgIpc) is 2.84. The monoisotopic (exact) mass is 284 g/mol. The molecule has 6 nitrogen and oxygen atoms in total. The summed E-state index contributed by atoms with van der Waals surface area (Å²) in [5, 5.41) is 22.4. The predicted molar refractivity (Wildman–Crippen MR) is 75.3 cm³/mol. The molecule has 1 aromatic heterocycles. The van der Waals surface area contributed by atoms with Crippen molar-refractivity contribution >= 4 is 17.7 Å². The number of aromatic nitrogens is 2. The average molecular weight is 284 g/mol. The van der Waals surface area contributed by atoms with Crippen LogP contribution in [0.2, 0.25) is 0 Å². The zero-order valence-corrected chi connectivity index (χ0v) is 12.0. The largest absolute Gasteiger partial charge is 0.395 e. The fraction of sp³-hybridized carbons (Fsp3) is 0.667. The maximum atomic E-state index is 12.2. The Kier molecular flexibility index (Phi) is 4.84. The first kappa shape index (κ1) is 14.4. The Labute approximate surface area is 116 Å². The van der Waals surface area contributed by atoms with E-state index in [1.165, 1.54) is 0 Å². The highest BCUT2D eigenvalue weighted by atomic mass is 32.2. The van der Waals surface area contributed by atoms with Gasteiger partial charge in [-0.2, -0.15) is 16.9 Å². The fourth-order valence-electron chi connectivity index (χ4n) is 2.22. The second-order valence-corrected chi connectivity index (χ2v) is 5.75. The van der Waals surface area contributed by atoms with Gasteiger partial charge < -0.3 is 15.7 Å². The van der Waals surface area contributed by atoms with Crippen molar-refractivity contribution in [2.45, 2.75) is 31.2 Å². The second-order valence-electron chi connectivity index (χ2n) is 4.67. The molecule has 106 valence electrons. The molecule has 0 saturated heterocycles. The number of carbonyl (C=O) groups is 1. The van der Waals surface area contributed by atoms with Crippen molar-refractivity contribution < 1.29 is 9.90 Å². The highest BCUT2D eigenvalue weighted by molar-refractivity contribution is 7.99. The van der Waals surface area contributed by atoms with Gasteiger partial charge >= 0.3 is 0 Å². The van der Waals surface area contributed by atoms with Crippen LogP contribution in [0, 0.1) is 0 Å². The molecule has 4 N–H and O–H groups in total. The van der Waals surface area contributed by atoms with Gasteiger partial charge in [0.05, 0.1) is 6.61 Å². The molecule has 19 heavy (non-hydrogen) atoms. The normalized spacial score (nSPS) is 17.6. The van der Waals surface area contributed by atoms with E-state index < -0.39 is 0 Å². The standard InChI is InChI=1S/C12H20N4O2S/c1-7(10(6-17)19-2)14-12(18)11-8-5-13-4-3-9(8)15-16-11/h7,10,13,17H,3-6H2,1-2H3,(H,14,18)(H,15,16). The van der Waals surface area contributed by atoms with Crippen LogP contribution in [0.25, 0.3) is 0 Å². The molecule has 1 aromatic rings. The highest BCUT2D eigenvalue weighted by Gasteiger charge is 2.24. The third-order valence-corrected chi connectivity index (χ3v) is 4.58. The lowest BCUT2D eigenvalue weighted by molar-refractivity contribution is 0.0929. The number of rotatable bonds is 5. The molecule has 0 spiro atoms. The number of hydrogen-bond donors (Lipinski definition) is 4. The summed E-state index contributed by atoms with van der Waals surface area (Å²) in [7, 11) is 0. The van der Waals surface area contributed by atoms with E-state index in [1.54, 1.807) is 11.8 Å². The maximum Gasteiger partial charge on any atom is 0.272 e. The molecular formula is C12H20N4O2S. The van der Waals surface area contributed by atoms with Crippen LogP contribution >= 0.6 is 11.8 Å². The number of thioether (sulfide) groups is 1. The molecule has 0 bridgehead atoms. The number of carbonyl (C=O) groups excluding carboxylic acids is 1. The van der Waals surface area contributed by atoms with Crippen LogP contribution in [0.15, 0.2) is 0 Å². The third-order valence-electron chi connectivity index (χ3n) is 3.42. The van der Waals surface area contributed by atoms with Crippen molar-refractivity contribution in [3.05, 3.63) is 17.0 Å². The summed E-state index contributed by atoms with van der Waals surface area (Å²) >= 11 is 1.54. The Morgan fingerprint density at radius 2 is 2.42 bits per heavy atom. The lowest BCUT2D eigenvalue weighted by atomic mass is 10.1. The minimum absolute atomic E-state index is 0.00292. The molecule has 2 atom stereocenters. The van der Waals surface area contributed by atoms with Gasteiger partial charge in [-0.3, -0.25) is 9.89 Å². The Hall–Kier alpha value is -1.05. The van der Waals surface area contributed by atoms with E-state index in [0.717, 1.165) is 24.2 Å². The summed E-state index contributed by atoms with van der Waals surface area (Å²) in [5.74, 6) is -0.179. The first-order valence-corrected chi connectivity index (χ1v) is 7.67. The van der Waals surface area contributed by atoms with E-state index >= 15 is 0 Å². The van der Waals surface area contributed by atoms with Crippen molar-refractivity contribution in [3.63, 3.8) is 0 Å². The molecule has 0 aliphatic carbocycles. The van der Waals surface area contributed by atoms with Gasteiger partial charge in [0, 0.05) is 42.1 Å². The van der Waals surface area contributed by atoms with Crippen LogP contribution in [-0.2, 0) is 13.0 Å². The number of amides is 1. The van der Waals surface area contributed by atoms with Crippen molar-refractivity contribution in [1.29, 1.82) is 0 Å². The predicted octanol–water partition coefficient (Wildman–Crippen LogP) is -0.102. The molecule has 0 radical (unpaired) electrons. The molecule has 2 heterocycles. The molecule has 0 fully saturated rings. The van der Waals surface area contributed by atoms with E-state index in [4.69, 9.17) is 0 Å². The summed E-state index contributed by atoms with van der Waals surface area (Å²) < 4.78 is 0. The molecule has 7 heteroatoms. The van der Waals surface area contributed by atoms with E-state index in [2.05, 4.69) is 20.8 Å². The van der Waals surface area contributed by atoms with Gasteiger partial charge in [0.15, 0.2) is 5.69 Å². The minimum Gasteiger partial charge on any atom is -0.395 e. The Bertz CT molecular complexity index is 445. The van der Waals surface area contributed by atoms with Crippen LogP contribution in [0.4, 0.5) is 0 Å². The van der Waals surface area contributed by atoms with Crippen LogP contribution in [-0.4, -0.2) is 51.9 Å². The zero-order valence-electron chi connectivity index (χ0n) is 11.2. The number of nitrogens with one attached hydrogen (secondary N) is 3. The lowest BCUT2D eigenvalue weighted by Crippen LogP contribution is -2.41. The zero-order chi connectivity index (χ0) is 13.8. The molecule has 2 unspecified atom stereocenters. The lowest BCUT2D eigenvalue weighted by Gasteiger charge is -2.21. The van der Waals surface area contributed by atoms with Gasteiger partial charge in [0.2, 0.25) is 0 Å². The summed E-state index contributed by atoms with van der Waals surface area (Å²) in [6, 6.07) is -0.101. The third kappa shape index (κ3) is 3.10. The number of H-pyrrole nitrogens is 1. The molecule has 0 saturated carbocycles. The van der Waals surface area contributed by atoms with Crippen molar-refractivity contribution in [1.82, 2.24) is 20.8 Å². The van der Waals surface area contributed by atoms with E-state index in [9.17, 15) is 9.90 Å². The van der Waals surface area contributed by atoms with Crippen LogP contribution in [0.5, 0.6) is 0 Å². The number of aliphatic hydroxyl groups is 1. The molecule has 1 aliphatic rings. The topological polar surface area (TPSA) is 90.0 Å². The van der Waals surface area contributed by atoms with Gasteiger partial charge in [0.25, 0.3) is 5.91 Å². The number of nitrogens with zero attached hydrogens (tertiary/aromatic N) is 1. The second kappa shape index (κ2) is 6.40. The first-order valence-electron chi connectivity index (χ1n) is 6.38. The SMILES string of the molecule is CSC(CO)C(C)NC(=O)c1n[nH]c2c1CNCC2. The van der Waals surface area contributed by atoms with Crippen LogP contribution in [0.1, 0.15) is 28.7 Å². The number of hydrogen-bond acceptors (Lipinski definition) is 5. The van der Waals surface area contributed by atoms with Crippen LogP contribution in [0.3, 0.4) is 0 Å². The molecule has 1 aliphatic heterocycles. The number of aliphatic hydroxyl groups excluding tert-OH is 1. The number of aromatic amines is 1. The van der Waals surface area contributed by atoms with Gasteiger partial charge in [-0.25, -0.2) is 0 Å². The smallest absolute Gasteiger partial charge is 0.272 e. The Morgan fingerprint density at radius 1 is 1.63 bits per heavy atom. The minimum atomic E-state index is -0.179. The molecule has 1 amide bonds. The maximum absolute atomic E-state index is 12.2. The van der Waals surface area contributed by atoms with E-state index in [1.807, 2.05) is 13.2 Å². The van der Waals surface area contributed by atoms with Crippen LogP contribution < -0.4 is 10.6 Å². The molecular weight excluding hydrogens is 264 g/mol. The van der Waals surface area contributed by atoms with Gasteiger partial charge in [0.1, 0.15) is 0 Å². The van der Waals surface area contributed by atoms with Gasteiger partial charge in [-0.05, 0) is 13.2 Å².